The van der Waals surface area contributed by atoms with E-state index in [1.165, 1.54) is 6.07 Å². The Morgan fingerprint density at radius 3 is 1.38 bits per heavy atom. The van der Waals surface area contributed by atoms with Gasteiger partial charge in [0.25, 0.3) is 0 Å². The minimum Gasteiger partial charge on any atom is -0.378 e. The lowest BCUT2D eigenvalue weighted by Crippen LogP contribution is -2.43. The predicted molar refractivity (Wildman–Crippen MR) is 210 cm³/mol. The first-order valence-corrected chi connectivity index (χ1v) is 22.0. The molecule has 0 aliphatic carbocycles. The first-order chi connectivity index (χ1) is 21.9. The Morgan fingerprint density at radius 2 is 1.04 bits per heavy atom. The maximum atomic E-state index is 11.4. The normalized spacial score (nSPS) is 12.2. The van der Waals surface area contributed by atoms with Gasteiger partial charge in [-0.25, -0.2) is 0 Å². The van der Waals surface area contributed by atoms with Gasteiger partial charge in [0.05, 0.1) is 20.9 Å². The third-order valence-electron chi connectivity index (χ3n) is 9.59. The molecule has 0 saturated carbocycles. The Morgan fingerprint density at radius 1 is 0.638 bits per heavy atom. The van der Waals surface area contributed by atoms with Gasteiger partial charge >= 0.3 is 5.00 Å². The molecule has 2 aromatic rings. The van der Waals surface area contributed by atoms with Gasteiger partial charge in [-0.15, -0.1) is 11.1 Å². The van der Waals surface area contributed by atoms with E-state index in [-0.39, 0.29) is 9.92 Å². The summed E-state index contributed by atoms with van der Waals surface area (Å²) < 4.78 is 0. The largest absolute Gasteiger partial charge is 0.378 e. The molecule has 0 spiro atoms. The van der Waals surface area contributed by atoms with Crippen LogP contribution in [0.2, 0.25) is 33.2 Å². The quantitative estimate of drug-likeness (QED) is 0.120. The maximum absolute atomic E-state index is 11.4. The highest BCUT2D eigenvalue weighted by Crippen LogP contribution is 2.42. The van der Waals surface area contributed by atoms with Crippen molar-refractivity contribution in [1.82, 2.24) is 0 Å². The van der Waals surface area contributed by atoms with Crippen molar-refractivity contribution in [3.63, 3.8) is 0 Å². The number of thiophene rings is 1. The van der Waals surface area contributed by atoms with Crippen LogP contribution in [0.25, 0.3) is 0 Å². The molecular formula is C40H54N2O2SSi2. The molecule has 0 bridgehead atoms. The summed E-state index contributed by atoms with van der Waals surface area (Å²) in [5, 5.41) is 11.5. The van der Waals surface area contributed by atoms with Gasteiger partial charge in [-0.05, 0) is 75.4 Å². The maximum Gasteiger partial charge on any atom is 0.325 e. The van der Waals surface area contributed by atoms with Crippen LogP contribution in [-0.4, -0.2) is 35.2 Å². The highest BCUT2D eigenvalue weighted by Gasteiger charge is 2.42. The lowest BCUT2D eigenvalue weighted by atomic mass is 10.1. The molecule has 1 heterocycles. The third-order valence-corrected chi connectivity index (χ3v) is 23.1. The van der Waals surface area contributed by atoms with Gasteiger partial charge in [0.15, 0.2) is 0 Å². The highest BCUT2D eigenvalue weighted by molar-refractivity contribution is 7.15. The van der Waals surface area contributed by atoms with Crippen LogP contribution in [-0.2, 0) is 0 Å². The van der Waals surface area contributed by atoms with E-state index in [9.17, 15) is 10.1 Å². The average molecular weight is 683 g/mol. The molecule has 4 nitrogen and oxygen atoms in total. The fraction of sp³-hybridized carbons (Fsp3) is 0.500. The summed E-state index contributed by atoms with van der Waals surface area (Å²) in [5.74, 6) is 20.5. The Bertz CT molecular complexity index is 1640. The van der Waals surface area contributed by atoms with E-state index >= 15 is 0 Å². The summed E-state index contributed by atoms with van der Waals surface area (Å²) in [7, 11) is -0.178. The zero-order valence-corrected chi connectivity index (χ0v) is 33.9. The van der Waals surface area contributed by atoms with Crippen LogP contribution in [0.4, 0.5) is 10.7 Å². The summed E-state index contributed by atoms with van der Waals surface area (Å²) in [5.41, 5.74) is 13.6. The number of allylic oxidation sites excluding steroid dienone is 2. The molecule has 2 rings (SSSR count). The molecule has 0 N–H and O–H groups in total. The van der Waals surface area contributed by atoms with E-state index in [4.69, 9.17) is 0 Å². The lowest BCUT2D eigenvalue weighted by Gasteiger charge is -2.38. The summed E-state index contributed by atoms with van der Waals surface area (Å²) in [6.07, 6.45) is 0. The van der Waals surface area contributed by atoms with Crippen LogP contribution in [0.5, 0.6) is 0 Å². The van der Waals surface area contributed by atoms with Gasteiger partial charge in [0, 0.05) is 31.4 Å². The number of hydrogen-bond donors (Lipinski definition) is 0. The monoisotopic (exact) mass is 682 g/mol. The molecule has 0 aliphatic heterocycles. The van der Waals surface area contributed by atoms with Gasteiger partial charge in [-0.2, -0.15) is 0 Å². The fourth-order valence-corrected chi connectivity index (χ4v) is 18.2. The van der Waals surface area contributed by atoms with Crippen molar-refractivity contribution in [2.75, 3.05) is 19.0 Å². The molecule has 0 fully saturated rings. The molecule has 7 heteroatoms. The van der Waals surface area contributed by atoms with Crippen molar-refractivity contribution >= 4 is 38.2 Å². The Kier molecular flexibility index (Phi) is 14.4. The molecule has 0 saturated heterocycles. The minimum absolute atomic E-state index is 0.0688. The van der Waals surface area contributed by atoms with E-state index in [2.05, 4.69) is 147 Å². The Balaban J connectivity index is 3.09. The van der Waals surface area contributed by atoms with Crippen LogP contribution < -0.4 is 4.90 Å². The highest BCUT2D eigenvalue weighted by atomic mass is 32.1. The second-order valence-corrected chi connectivity index (χ2v) is 26.6. The van der Waals surface area contributed by atoms with E-state index in [0.29, 0.717) is 49.3 Å². The van der Waals surface area contributed by atoms with Crippen LogP contribution >= 0.6 is 11.3 Å². The number of nitro groups is 1. The van der Waals surface area contributed by atoms with Crippen molar-refractivity contribution in [1.29, 1.82) is 0 Å². The van der Waals surface area contributed by atoms with E-state index in [1.54, 1.807) is 6.07 Å². The summed E-state index contributed by atoms with van der Waals surface area (Å²) >= 11 is 1.07. The van der Waals surface area contributed by atoms with Crippen molar-refractivity contribution in [3.05, 3.63) is 68.1 Å². The molecule has 250 valence electrons. The fourth-order valence-electron chi connectivity index (χ4n) is 7.11. The van der Waals surface area contributed by atoms with Crippen LogP contribution in [0.3, 0.4) is 0 Å². The van der Waals surface area contributed by atoms with Crippen molar-refractivity contribution in [2.24, 2.45) is 0 Å². The summed E-state index contributed by atoms with van der Waals surface area (Å²) in [6.45, 7) is 27.6. The van der Waals surface area contributed by atoms with E-state index in [0.717, 1.165) is 22.6 Å². The first-order valence-electron chi connectivity index (χ1n) is 16.8. The second-order valence-electron chi connectivity index (χ2n) is 14.4. The molecular weight excluding hydrogens is 629 g/mol. The van der Waals surface area contributed by atoms with Gasteiger partial charge in [-0.1, -0.05) is 118 Å². The standard InChI is InChI=1S/C40H54N2O2SSi2/c1-29(2)46(30(3)4,31(5)6)27-25-36(18-15-35-16-20-38(21-17-35)41(13)14)37(19-22-39-23-24-40(45-39)42(43)44)26-28-47(32(7)8,33(9)10)34(11)12/h16-17,20-21,23-24,29-34H,1-14H3/b37-36+. The minimum atomic E-state index is -2.11. The molecule has 47 heavy (non-hydrogen) atoms. The number of anilines is 1. The SMILES string of the molecule is CC(C)[Si](C#C/C(C#Cc1ccc(N(C)C)cc1)=C(\C#Cc1ccc([N+](=O)[O-])s1)C#C[Si](C(C)C)(C(C)C)C(C)C)(C(C)C)C(C)C. The predicted octanol–water partition coefficient (Wildman–Crippen LogP) is 10.9. The van der Waals surface area contributed by atoms with Gasteiger partial charge in [-0.3, -0.25) is 10.1 Å². The zero-order chi connectivity index (χ0) is 35.7. The third kappa shape index (κ3) is 9.55. The molecule has 0 atom stereocenters. The lowest BCUT2D eigenvalue weighted by molar-refractivity contribution is -0.380. The van der Waals surface area contributed by atoms with E-state index < -0.39 is 16.1 Å². The smallest absolute Gasteiger partial charge is 0.325 e. The number of hydrogen-bond acceptors (Lipinski definition) is 4. The van der Waals surface area contributed by atoms with Crippen LogP contribution in [0.1, 0.15) is 93.5 Å². The number of benzene rings is 1. The second kappa shape index (κ2) is 17.1. The number of rotatable bonds is 8. The van der Waals surface area contributed by atoms with Crippen LogP contribution in [0, 0.1) is 56.7 Å². The van der Waals surface area contributed by atoms with Gasteiger partial charge < -0.3 is 4.90 Å². The molecule has 0 radical (unpaired) electrons. The first kappa shape index (κ1) is 39.7. The Labute approximate surface area is 292 Å². The van der Waals surface area contributed by atoms with Gasteiger partial charge in [0.1, 0.15) is 16.1 Å². The molecule has 1 aromatic heterocycles. The average Bonchev–Trinajstić information content (AvgIpc) is 3.45. The van der Waals surface area contributed by atoms with E-state index in [1.807, 2.05) is 26.2 Å². The van der Waals surface area contributed by atoms with Crippen LogP contribution in [0.15, 0.2) is 47.5 Å². The molecule has 1 aromatic carbocycles. The van der Waals surface area contributed by atoms with Gasteiger partial charge in [0.2, 0.25) is 0 Å². The molecule has 0 amide bonds. The molecule has 0 unspecified atom stereocenters. The van der Waals surface area contributed by atoms with Crippen molar-refractivity contribution in [3.8, 4) is 46.6 Å². The molecule has 0 aliphatic rings. The Hall–Kier alpha value is -3.47. The zero-order valence-electron chi connectivity index (χ0n) is 31.0. The number of nitrogens with zero attached hydrogens (tertiary/aromatic N) is 2. The summed E-state index contributed by atoms with van der Waals surface area (Å²) in [6, 6.07) is 11.4. The topological polar surface area (TPSA) is 46.4 Å². The summed E-state index contributed by atoms with van der Waals surface area (Å²) in [4.78, 5) is 13.7. The van der Waals surface area contributed by atoms with Crippen molar-refractivity contribution in [2.45, 2.75) is 116 Å². The van der Waals surface area contributed by atoms with Crippen molar-refractivity contribution < 1.29 is 4.92 Å².